The number of benzene rings is 1. The van der Waals surface area contributed by atoms with Crippen molar-refractivity contribution in [2.75, 3.05) is 19.9 Å². The molecule has 158 valence electrons. The molecular weight excluding hydrogens is 382 g/mol. The van der Waals surface area contributed by atoms with Crippen molar-refractivity contribution >= 4 is 14.1 Å². The normalized spacial score (nSPS) is 32.4. The van der Waals surface area contributed by atoms with Crippen molar-refractivity contribution in [3.05, 3.63) is 23.3 Å². The highest BCUT2D eigenvalue weighted by molar-refractivity contribution is 6.74. The molecule has 1 aliphatic carbocycles. The summed E-state index contributed by atoms with van der Waals surface area (Å²) < 4.78 is 17.8. The van der Waals surface area contributed by atoms with Gasteiger partial charge in [0.15, 0.2) is 25.6 Å². The monoisotopic (exact) mass is 415 g/mol. The lowest BCUT2D eigenvalue weighted by molar-refractivity contribution is -0.122. The smallest absolute Gasteiger partial charge is 0.231 e. The molecule has 0 aromatic heterocycles. The number of rotatable bonds is 5. The molecule has 3 aliphatic heterocycles. The van der Waals surface area contributed by atoms with E-state index in [1.807, 2.05) is 0 Å². The summed E-state index contributed by atoms with van der Waals surface area (Å²) in [5.74, 6) is 1.97. The van der Waals surface area contributed by atoms with Gasteiger partial charge in [0.2, 0.25) is 6.79 Å². The predicted octanol–water partition coefficient (Wildman–Crippen LogP) is 4.39. The van der Waals surface area contributed by atoms with Gasteiger partial charge < -0.3 is 13.9 Å². The molecule has 0 radical (unpaired) electrons. The van der Waals surface area contributed by atoms with E-state index in [1.165, 1.54) is 12.0 Å². The molecule has 3 heterocycles. The molecule has 1 aromatic rings. The minimum atomic E-state index is -1.81. The molecule has 3 fully saturated rings. The molecule has 0 amide bonds. The van der Waals surface area contributed by atoms with E-state index in [-0.39, 0.29) is 17.4 Å². The number of carbonyl (C=O) groups excluding carboxylic acids is 1. The Morgan fingerprint density at radius 3 is 2.59 bits per heavy atom. The Hall–Kier alpha value is -1.37. The van der Waals surface area contributed by atoms with E-state index in [2.05, 4.69) is 50.9 Å². The molecule has 29 heavy (non-hydrogen) atoms. The van der Waals surface area contributed by atoms with Crippen LogP contribution in [0.2, 0.25) is 18.1 Å². The fourth-order valence-corrected chi connectivity index (χ4v) is 6.85. The van der Waals surface area contributed by atoms with Crippen LogP contribution in [0.5, 0.6) is 11.5 Å². The molecule has 1 aromatic carbocycles. The van der Waals surface area contributed by atoms with Gasteiger partial charge in [0.05, 0.1) is 5.54 Å². The third-order valence-corrected chi connectivity index (χ3v) is 12.9. The van der Waals surface area contributed by atoms with E-state index in [4.69, 9.17) is 13.9 Å². The zero-order valence-corrected chi connectivity index (χ0v) is 19.4. The summed E-state index contributed by atoms with van der Waals surface area (Å²) in [6.45, 7) is 13.4. The standard InChI is InChI=1S/C23H33NO4Si/c1-21(2,3)29(4,5)28-12-8-16-13-18-19(27-15-26-18)14-17(16)23-20(25)7-10-22(23)9-6-11-24(22)23/h13-14H,6-12,15H2,1-5H3/t22-,23-,24?/m1/s1. The Labute approximate surface area is 174 Å². The van der Waals surface area contributed by atoms with Crippen molar-refractivity contribution in [3.63, 3.8) is 0 Å². The largest absolute Gasteiger partial charge is 0.454 e. The molecule has 5 nitrogen and oxygen atoms in total. The lowest BCUT2D eigenvalue weighted by Gasteiger charge is -2.36. The van der Waals surface area contributed by atoms with Crippen LogP contribution in [0.1, 0.15) is 57.6 Å². The Bertz CT molecular complexity index is 876. The number of piperidine rings is 2. The van der Waals surface area contributed by atoms with Crippen LogP contribution in [0.25, 0.3) is 0 Å². The SMILES string of the molecule is CC(C)(C)[Si](C)(C)OCCc1cc2c(cc1[C@@]13C(=O)CC[C@]14CCCN43)OCO2. The first-order chi connectivity index (χ1) is 13.6. The first kappa shape index (κ1) is 19.6. The molecular formula is C23H33NO4Si. The number of ether oxygens (including phenoxy) is 2. The number of hydrogen-bond donors (Lipinski definition) is 0. The van der Waals surface area contributed by atoms with Crippen molar-refractivity contribution in [3.8, 4) is 11.5 Å². The average Bonchev–Trinajstić information content (AvgIpc) is 3.10. The quantitative estimate of drug-likeness (QED) is 0.527. The summed E-state index contributed by atoms with van der Waals surface area (Å²) in [7, 11) is -1.81. The summed E-state index contributed by atoms with van der Waals surface area (Å²) in [5.41, 5.74) is 1.99. The molecule has 6 heteroatoms. The van der Waals surface area contributed by atoms with E-state index >= 15 is 0 Å². The van der Waals surface area contributed by atoms with Gasteiger partial charge in [-0.05, 0) is 67.1 Å². The fourth-order valence-electron chi connectivity index (χ4n) is 5.81. The third-order valence-electron chi connectivity index (χ3n) is 8.31. The number of Topliss-reactive ketones (excluding diaryl/α,β-unsaturated/α-hetero) is 1. The van der Waals surface area contributed by atoms with E-state index in [1.54, 1.807) is 0 Å². The third kappa shape index (κ3) is 2.48. The number of carbonyl (C=O) groups is 1. The molecule has 1 unspecified atom stereocenters. The highest BCUT2D eigenvalue weighted by atomic mass is 28.4. The van der Waals surface area contributed by atoms with Gasteiger partial charge in [0.25, 0.3) is 0 Å². The van der Waals surface area contributed by atoms with Crippen LogP contribution in [0, 0.1) is 0 Å². The Morgan fingerprint density at radius 1 is 1.17 bits per heavy atom. The summed E-state index contributed by atoms with van der Waals surface area (Å²) in [6, 6.07) is 4.21. The molecule has 1 spiro atoms. The maximum Gasteiger partial charge on any atom is 0.231 e. The van der Waals surface area contributed by atoms with Gasteiger partial charge in [-0.2, -0.15) is 0 Å². The van der Waals surface area contributed by atoms with Crippen LogP contribution in [0.4, 0.5) is 0 Å². The molecule has 2 saturated heterocycles. The first-order valence-electron chi connectivity index (χ1n) is 11.0. The minimum absolute atomic E-state index is 0.0623. The topological polar surface area (TPSA) is 47.8 Å². The van der Waals surface area contributed by atoms with Gasteiger partial charge in [-0.15, -0.1) is 0 Å². The lowest BCUT2D eigenvalue weighted by atomic mass is 9.82. The second kappa shape index (κ2) is 6.08. The Morgan fingerprint density at radius 2 is 1.90 bits per heavy atom. The van der Waals surface area contributed by atoms with Gasteiger partial charge in [-0.3, -0.25) is 9.69 Å². The van der Waals surface area contributed by atoms with Crippen molar-refractivity contribution in [2.45, 2.75) is 82.1 Å². The molecule has 0 N–H and O–H groups in total. The van der Waals surface area contributed by atoms with Crippen LogP contribution in [0.3, 0.4) is 0 Å². The van der Waals surface area contributed by atoms with E-state index < -0.39 is 13.9 Å². The summed E-state index contributed by atoms with van der Waals surface area (Å²) in [6.07, 6.45) is 4.83. The van der Waals surface area contributed by atoms with Crippen molar-refractivity contribution < 1.29 is 18.7 Å². The van der Waals surface area contributed by atoms with Gasteiger partial charge in [-0.25, -0.2) is 0 Å². The second-order valence-corrected chi connectivity index (χ2v) is 15.5. The lowest BCUT2D eigenvalue weighted by Crippen LogP contribution is -2.41. The molecule has 5 rings (SSSR count). The summed E-state index contributed by atoms with van der Waals surface area (Å²) in [4.78, 5) is 15.7. The molecule has 4 aliphatic rings. The average molecular weight is 416 g/mol. The van der Waals surface area contributed by atoms with Gasteiger partial charge >= 0.3 is 0 Å². The van der Waals surface area contributed by atoms with Gasteiger partial charge in [0, 0.05) is 19.6 Å². The summed E-state index contributed by atoms with van der Waals surface area (Å²) in [5, 5.41) is 0.189. The number of hydrogen-bond acceptors (Lipinski definition) is 5. The van der Waals surface area contributed by atoms with Crippen molar-refractivity contribution in [1.82, 2.24) is 4.90 Å². The molecule has 1 saturated carbocycles. The van der Waals surface area contributed by atoms with Crippen LogP contribution < -0.4 is 9.47 Å². The first-order valence-corrected chi connectivity index (χ1v) is 13.9. The zero-order valence-electron chi connectivity index (χ0n) is 18.4. The molecule has 0 bridgehead atoms. The van der Waals surface area contributed by atoms with Crippen molar-refractivity contribution in [1.29, 1.82) is 0 Å². The maximum atomic E-state index is 13.2. The fraction of sp³-hybridized carbons (Fsp3) is 0.696. The van der Waals surface area contributed by atoms with Crippen LogP contribution in [0.15, 0.2) is 12.1 Å². The van der Waals surface area contributed by atoms with E-state index in [0.29, 0.717) is 18.8 Å². The predicted molar refractivity (Wildman–Crippen MR) is 114 cm³/mol. The number of fused-ring (bicyclic) bond motifs is 2. The summed E-state index contributed by atoms with van der Waals surface area (Å²) >= 11 is 0. The van der Waals surface area contributed by atoms with Gasteiger partial charge in [0.1, 0.15) is 5.54 Å². The van der Waals surface area contributed by atoms with E-state index in [0.717, 1.165) is 42.9 Å². The number of nitrogens with zero attached hydrogens (tertiary/aromatic N) is 1. The van der Waals surface area contributed by atoms with Crippen LogP contribution >= 0.6 is 0 Å². The van der Waals surface area contributed by atoms with Crippen LogP contribution in [-0.4, -0.2) is 44.5 Å². The minimum Gasteiger partial charge on any atom is -0.454 e. The van der Waals surface area contributed by atoms with Crippen LogP contribution in [-0.2, 0) is 21.2 Å². The Balaban J connectivity index is 1.48. The number of ketones is 1. The second-order valence-electron chi connectivity index (χ2n) is 10.6. The van der Waals surface area contributed by atoms with Gasteiger partial charge in [-0.1, -0.05) is 20.8 Å². The highest BCUT2D eigenvalue weighted by Crippen LogP contribution is 2.72. The Kier molecular flexibility index (Phi) is 4.11. The maximum absolute atomic E-state index is 13.2. The van der Waals surface area contributed by atoms with E-state index in [9.17, 15) is 4.79 Å². The zero-order chi connectivity index (χ0) is 20.7. The molecule has 3 atom stereocenters. The highest BCUT2D eigenvalue weighted by Gasteiger charge is 2.83. The van der Waals surface area contributed by atoms with Crippen molar-refractivity contribution in [2.24, 2.45) is 0 Å².